The van der Waals surface area contributed by atoms with E-state index in [4.69, 9.17) is 46.0 Å². The second-order valence-electron chi connectivity index (χ2n) is 0.714. The van der Waals surface area contributed by atoms with Gasteiger partial charge in [-0.2, -0.15) is 0 Å². The number of rotatable bonds is 0. The van der Waals surface area contributed by atoms with Crippen LogP contribution in [0.3, 0.4) is 0 Å². The number of hydrogen-bond acceptors (Lipinski definition) is 6. The van der Waals surface area contributed by atoms with Crippen molar-refractivity contribution in [3.63, 3.8) is 0 Å². The molecule has 0 heterocycles. The summed E-state index contributed by atoms with van der Waals surface area (Å²) in [5.74, 6) is 0. The minimum absolute atomic E-state index is 0. The summed E-state index contributed by atoms with van der Waals surface area (Å²) in [6.07, 6.45) is 0. The first kappa shape index (κ1) is 29.3. The standard InChI is InChI=1S/Lu.3HNO3.H2O/c;3*2-1(3)4;/h;3*(H,2,3,4);1H2/q+3;;;;. The molecular weight excluding hydrogens is 377 g/mol. The number of nitrogens with zero attached hydrogens (tertiary/aromatic N) is 3. The molecule has 0 unspecified atom stereocenters. The first-order valence-electron chi connectivity index (χ1n) is 1.70. The number of hydrogen-bond donors (Lipinski definition) is 3. The predicted octanol–water partition coefficient (Wildman–Crippen LogP) is -1.87. The minimum Gasteiger partial charge on any atom is -0.412 e. The Labute approximate surface area is 103 Å². The van der Waals surface area contributed by atoms with Crippen molar-refractivity contribution < 1.29 is 73.2 Å². The summed E-state index contributed by atoms with van der Waals surface area (Å²) in [5, 5.41) is 40.9. The third-order valence-corrected chi connectivity index (χ3v) is 0. The Bertz CT molecular complexity index is 113. The first-order chi connectivity index (χ1) is 5.20. The van der Waals surface area contributed by atoms with Crippen molar-refractivity contribution in [1.29, 1.82) is 0 Å². The second-order valence-corrected chi connectivity index (χ2v) is 0.714. The summed E-state index contributed by atoms with van der Waals surface area (Å²) in [6.45, 7) is 0. The van der Waals surface area contributed by atoms with Gasteiger partial charge in [0.1, 0.15) is 0 Å². The van der Waals surface area contributed by atoms with E-state index in [9.17, 15) is 0 Å². The fourth-order valence-corrected chi connectivity index (χ4v) is 0. The first-order valence-corrected chi connectivity index (χ1v) is 1.70. The monoisotopic (exact) mass is 382 g/mol. The van der Waals surface area contributed by atoms with E-state index in [0.29, 0.717) is 0 Å². The van der Waals surface area contributed by atoms with Gasteiger partial charge in [0.2, 0.25) is 0 Å². The Balaban J connectivity index is -0.0000000270. The molecule has 0 aliphatic rings. The van der Waals surface area contributed by atoms with Crippen LogP contribution in [0.2, 0.25) is 0 Å². The molecule has 0 radical (unpaired) electrons. The molecule has 0 aromatic carbocycles. The van der Waals surface area contributed by atoms with Gasteiger partial charge in [0.15, 0.2) is 0 Å². The van der Waals surface area contributed by atoms with Crippen LogP contribution in [-0.2, 0) is 0 Å². The van der Waals surface area contributed by atoms with E-state index in [1.165, 1.54) is 0 Å². The topological polar surface area (TPSA) is 222 Å². The van der Waals surface area contributed by atoms with Crippen LogP contribution in [0.5, 0.6) is 0 Å². The third-order valence-electron chi connectivity index (χ3n) is 0. The molecule has 0 atom stereocenters. The Hall–Kier alpha value is -1.21. The SMILES string of the molecule is O.O=[N+]([O-])O.O=[N+]([O-])O.O=[N+]([O-])O.[Lu+3]. The van der Waals surface area contributed by atoms with Gasteiger partial charge in [0.05, 0.1) is 0 Å². The quantitative estimate of drug-likeness (QED) is 0.315. The van der Waals surface area contributed by atoms with Crippen LogP contribution in [0.4, 0.5) is 0 Å². The van der Waals surface area contributed by atoms with E-state index >= 15 is 0 Å². The molecule has 14 heteroatoms. The molecular formula is H5LuN3O10+3. The summed E-state index contributed by atoms with van der Waals surface area (Å²) in [6, 6.07) is 0. The van der Waals surface area contributed by atoms with E-state index in [2.05, 4.69) is 0 Å². The fraction of sp³-hybridized carbons (Fsp3) is 0. The average Bonchev–Trinajstić information content (AvgIpc) is 1.54. The van der Waals surface area contributed by atoms with Crippen molar-refractivity contribution in [2.24, 2.45) is 0 Å². The van der Waals surface area contributed by atoms with Gasteiger partial charge in [-0.1, -0.05) is 0 Å². The summed E-state index contributed by atoms with van der Waals surface area (Å²) >= 11 is 0. The Morgan fingerprint density at radius 1 is 0.714 bits per heavy atom. The van der Waals surface area contributed by atoms with E-state index in [1.54, 1.807) is 0 Å². The van der Waals surface area contributed by atoms with Crippen LogP contribution in [-0.4, -0.2) is 36.4 Å². The smallest absolute Gasteiger partial charge is 0.412 e. The summed E-state index contributed by atoms with van der Waals surface area (Å²) < 4.78 is 0. The summed E-state index contributed by atoms with van der Waals surface area (Å²) in [5.41, 5.74) is 0. The molecule has 0 spiro atoms. The predicted molar refractivity (Wildman–Crippen MR) is 30.0 cm³/mol. The van der Waals surface area contributed by atoms with Gasteiger partial charge in [-0.05, 0) is 0 Å². The van der Waals surface area contributed by atoms with Crippen LogP contribution in [0.1, 0.15) is 0 Å². The van der Waals surface area contributed by atoms with Crippen molar-refractivity contribution in [2.45, 2.75) is 0 Å². The summed E-state index contributed by atoms with van der Waals surface area (Å²) in [4.78, 5) is 25.1. The van der Waals surface area contributed by atoms with E-state index < -0.39 is 15.3 Å². The van der Waals surface area contributed by atoms with Crippen molar-refractivity contribution in [3.05, 3.63) is 30.3 Å². The Kier molecular flexibility index (Phi) is 47.3. The molecule has 0 rings (SSSR count). The minimum atomic E-state index is -1.50. The Morgan fingerprint density at radius 2 is 0.714 bits per heavy atom. The Morgan fingerprint density at radius 3 is 0.714 bits per heavy atom. The zero-order chi connectivity index (χ0) is 10.7. The zero-order valence-electron chi connectivity index (χ0n) is 5.89. The molecule has 92 valence electrons. The van der Waals surface area contributed by atoms with E-state index in [0.717, 1.165) is 0 Å². The van der Waals surface area contributed by atoms with Crippen LogP contribution in [0, 0.1) is 67.2 Å². The molecule has 0 saturated carbocycles. The molecule has 0 fully saturated rings. The van der Waals surface area contributed by atoms with E-state index in [-0.39, 0.29) is 42.4 Å². The van der Waals surface area contributed by atoms with Gasteiger partial charge in [-0.15, -0.1) is 30.3 Å². The van der Waals surface area contributed by atoms with Gasteiger partial charge < -0.3 is 21.1 Å². The van der Waals surface area contributed by atoms with Crippen LogP contribution in [0.25, 0.3) is 0 Å². The molecule has 0 aromatic heterocycles. The van der Waals surface area contributed by atoms with Gasteiger partial charge >= 0.3 is 36.9 Å². The van der Waals surface area contributed by atoms with Gasteiger partial charge in [0, 0.05) is 0 Å². The van der Waals surface area contributed by atoms with Crippen molar-refractivity contribution >= 4 is 0 Å². The van der Waals surface area contributed by atoms with Gasteiger partial charge in [-0.25, -0.2) is 0 Å². The van der Waals surface area contributed by atoms with Crippen molar-refractivity contribution in [1.82, 2.24) is 0 Å². The molecule has 5 N–H and O–H groups in total. The molecule has 0 bridgehead atoms. The third kappa shape index (κ3) is 712. The van der Waals surface area contributed by atoms with Gasteiger partial charge in [0.25, 0.3) is 15.3 Å². The van der Waals surface area contributed by atoms with Crippen LogP contribution in [0.15, 0.2) is 0 Å². The maximum Gasteiger partial charge on any atom is 3.00 e. The van der Waals surface area contributed by atoms with E-state index in [1.807, 2.05) is 0 Å². The molecule has 0 aliphatic carbocycles. The molecule has 13 nitrogen and oxygen atoms in total. The molecule has 0 aliphatic heterocycles. The molecule has 0 saturated heterocycles. The normalized spacial score (nSPS) is 5.14. The molecule has 0 aromatic rings. The zero-order valence-corrected chi connectivity index (χ0v) is 7.55. The second kappa shape index (κ2) is 22.6. The van der Waals surface area contributed by atoms with Crippen molar-refractivity contribution in [3.8, 4) is 0 Å². The van der Waals surface area contributed by atoms with Crippen LogP contribution >= 0.6 is 0 Å². The van der Waals surface area contributed by atoms with Crippen molar-refractivity contribution in [2.75, 3.05) is 0 Å². The average molecular weight is 382 g/mol. The fourth-order valence-electron chi connectivity index (χ4n) is 0. The largest absolute Gasteiger partial charge is 3.00 e. The van der Waals surface area contributed by atoms with Gasteiger partial charge in [-0.3, -0.25) is 0 Å². The summed E-state index contributed by atoms with van der Waals surface area (Å²) in [7, 11) is 0. The molecule has 0 amide bonds. The maximum absolute atomic E-state index is 8.36. The van der Waals surface area contributed by atoms with Crippen LogP contribution < -0.4 is 0 Å². The molecule has 14 heavy (non-hydrogen) atoms. The maximum atomic E-state index is 8.36.